The zero-order valence-electron chi connectivity index (χ0n) is 11.9. The number of nitro benzene ring substituents is 1. The van der Waals surface area contributed by atoms with E-state index in [9.17, 15) is 14.9 Å². The Morgan fingerprint density at radius 3 is 2.52 bits per heavy atom. The smallest absolute Gasteiger partial charge is 0.337 e. The highest BCUT2D eigenvalue weighted by Crippen LogP contribution is 2.30. The maximum absolute atomic E-state index is 11.5. The second kappa shape index (κ2) is 7.30. The molecule has 0 amide bonds. The Morgan fingerprint density at radius 1 is 1.17 bits per heavy atom. The first-order valence-corrected chi connectivity index (χ1v) is 7.11. The van der Waals surface area contributed by atoms with Gasteiger partial charge in [0.1, 0.15) is 6.61 Å². The molecule has 0 saturated carbocycles. The van der Waals surface area contributed by atoms with Gasteiger partial charge >= 0.3 is 11.7 Å². The molecule has 8 heteroatoms. The minimum atomic E-state index is -0.612. The zero-order valence-corrected chi connectivity index (χ0v) is 13.4. The second-order valence-electron chi connectivity index (χ2n) is 4.47. The van der Waals surface area contributed by atoms with Crippen molar-refractivity contribution in [2.24, 2.45) is 0 Å². The van der Waals surface area contributed by atoms with Crippen LogP contribution in [0.4, 0.5) is 5.69 Å². The fourth-order valence-electron chi connectivity index (χ4n) is 1.82. The topological polar surface area (TPSA) is 78.7 Å². The molecule has 2 aromatic rings. The molecule has 0 N–H and O–H groups in total. The molecule has 2 aromatic carbocycles. The number of hydrogen-bond acceptors (Lipinski definition) is 5. The van der Waals surface area contributed by atoms with Crippen LogP contribution in [0, 0.1) is 10.1 Å². The summed E-state index contributed by atoms with van der Waals surface area (Å²) in [5, 5.41) is 11.8. The molecule has 0 aliphatic rings. The van der Waals surface area contributed by atoms with E-state index in [4.69, 9.17) is 27.9 Å². The molecule has 0 heterocycles. The number of benzene rings is 2. The molecule has 120 valence electrons. The van der Waals surface area contributed by atoms with E-state index in [-0.39, 0.29) is 23.6 Å². The van der Waals surface area contributed by atoms with Crippen molar-refractivity contribution in [3.8, 4) is 5.75 Å². The van der Waals surface area contributed by atoms with E-state index in [0.29, 0.717) is 15.6 Å². The van der Waals surface area contributed by atoms with Crippen LogP contribution in [0.1, 0.15) is 15.9 Å². The molecule has 2 rings (SSSR count). The van der Waals surface area contributed by atoms with Gasteiger partial charge in [0.15, 0.2) is 5.75 Å². The van der Waals surface area contributed by atoms with E-state index in [1.807, 2.05) is 0 Å². The number of hydrogen-bond donors (Lipinski definition) is 0. The van der Waals surface area contributed by atoms with Crippen molar-refractivity contribution in [3.05, 3.63) is 67.7 Å². The summed E-state index contributed by atoms with van der Waals surface area (Å²) in [5.74, 6) is -0.650. The zero-order chi connectivity index (χ0) is 17.0. The number of carbonyl (C=O) groups excluding carboxylic acids is 1. The van der Waals surface area contributed by atoms with E-state index < -0.39 is 10.9 Å². The SMILES string of the molecule is COC(=O)c1ccc([N+](=O)[O-])c(OCc2ccc(Cl)c(Cl)c2)c1. The first kappa shape index (κ1) is 17.1. The largest absolute Gasteiger partial charge is 0.482 e. The van der Waals surface area contributed by atoms with Gasteiger partial charge in [-0.25, -0.2) is 4.79 Å². The molecular formula is C15H11Cl2NO5. The van der Waals surface area contributed by atoms with Crippen LogP contribution in [-0.2, 0) is 11.3 Å². The molecule has 23 heavy (non-hydrogen) atoms. The minimum Gasteiger partial charge on any atom is -0.482 e. The highest BCUT2D eigenvalue weighted by Gasteiger charge is 2.18. The van der Waals surface area contributed by atoms with E-state index in [1.165, 1.54) is 25.3 Å². The Morgan fingerprint density at radius 2 is 1.91 bits per heavy atom. The first-order valence-electron chi connectivity index (χ1n) is 6.36. The van der Waals surface area contributed by atoms with E-state index >= 15 is 0 Å². The van der Waals surface area contributed by atoms with Crippen LogP contribution in [0.15, 0.2) is 36.4 Å². The summed E-state index contributed by atoms with van der Waals surface area (Å²) in [5.41, 5.74) is 0.581. The molecule has 6 nitrogen and oxygen atoms in total. The third-order valence-electron chi connectivity index (χ3n) is 2.96. The predicted octanol–water partition coefficient (Wildman–Crippen LogP) is 4.27. The Labute approximate surface area is 141 Å². The summed E-state index contributed by atoms with van der Waals surface area (Å²) in [4.78, 5) is 22.0. The standard InChI is InChI=1S/C15H11Cl2NO5/c1-22-15(19)10-3-5-13(18(20)21)14(7-10)23-8-9-2-4-11(16)12(17)6-9/h2-7H,8H2,1H3. The summed E-state index contributed by atoms with van der Waals surface area (Å²) in [6.07, 6.45) is 0. The van der Waals surface area contributed by atoms with Gasteiger partial charge in [0.05, 0.1) is 27.6 Å². The Hall–Kier alpha value is -2.31. The first-order chi connectivity index (χ1) is 10.9. The van der Waals surface area contributed by atoms with Crippen molar-refractivity contribution in [3.63, 3.8) is 0 Å². The third-order valence-corrected chi connectivity index (χ3v) is 3.69. The van der Waals surface area contributed by atoms with Crippen LogP contribution in [0.5, 0.6) is 5.75 Å². The number of methoxy groups -OCH3 is 1. The summed E-state index contributed by atoms with van der Waals surface area (Å²) >= 11 is 11.7. The van der Waals surface area contributed by atoms with Crippen LogP contribution >= 0.6 is 23.2 Å². The molecule has 0 spiro atoms. The molecule has 0 saturated heterocycles. The Kier molecular flexibility index (Phi) is 5.41. The minimum absolute atomic E-state index is 0.0301. The lowest BCUT2D eigenvalue weighted by Crippen LogP contribution is -2.04. The summed E-state index contributed by atoms with van der Waals surface area (Å²) in [6, 6.07) is 8.64. The molecule has 0 unspecified atom stereocenters. The predicted molar refractivity (Wildman–Crippen MR) is 85.2 cm³/mol. The monoisotopic (exact) mass is 355 g/mol. The van der Waals surface area contributed by atoms with Crippen LogP contribution < -0.4 is 4.74 Å². The molecule has 0 atom stereocenters. The van der Waals surface area contributed by atoms with E-state index in [1.54, 1.807) is 18.2 Å². The number of esters is 1. The lowest BCUT2D eigenvalue weighted by Gasteiger charge is -2.09. The van der Waals surface area contributed by atoms with Crippen molar-refractivity contribution in [1.29, 1.82) is 0 Å². The highest BCUT2D eigenvalue weighted by molar-refractivity contribution is 6.42. The maximum atomic E-state index is 11.5. The van der Waals surface area contributed by atoms with E-state index in [0.717, 1.165) is 0 Å². The fourth-order valence-corrected chi connectivity index (χ4v) is 2.14. The average Bonchev–Trinajstić information content (AvgIpc) is 2.54. The molecule has 0 bridgehead atoms. The van der Waals surface area contributed by atoms with Crippen molar-refractivity contribution >= 4 is 34.9 Å². The van der Waals surface area contributed by atoms with Gasteiger partial charge in [-0.05, 0) is 23.8 Å². The van der Waals surface area contributed by atoms with Crippen molar-refractivity contribution in [2.45, 2.75) is 6.61 Å². The van der Waals surface area contributed by atoms with Gasteiger partial charge in [0.2, 0.25) is 0 Å². The molecule has 0 aromatic heterocycles. The number of carbonyl (C=O) groups is 1. The average molecular weight is 356 g/mol. The van der Waals surface area contributed by atoms with Gasteiger partial charge in [0, 0.05) is 12.1 Å². The number of halogens is 2. The van der Waals surface area contributed by atoms with Crippen LogP contribution in [-0.4, -0.2) is 18.0 Å². The summed E-state index contributed by atoms with van der Waals surface area (Å²) < 4.78 is 10.1. The molecule has 0 aliphatic heterocycles. The number of ether oxygens (including phenoxy) is 2. The molecule has 0 radical (unpaired) electrons. The van der Waals surface area contributed by atoms with Crippen LogP contribution in [0.2, 0.25) is 10.0 Å². The lowest BCUT2D eigenvalue weighted by atomic mass is 10.2. The summed E-state index contributed by atoms with van der Waals surface area (Å²) in [6.45, 7) is 0.0301. The van der Waals surface area contributed by atoms with Crippen LogP contribution in [0.25, 0.3) is 0 Å². The van der Waals surface area contributed by atoms with Gasteiger partial charge in [-0.15, -0.1) is 0 Å². The lowest BCUT2D eigenvalue weighted by molar-refractivity contribution is -0.385. The number of nitrogens with zero attached hydrogens (tertiary/aromatic N) is 1. The third kappa shape index (κ3) is 4.12. The Bertz CT molecular complexity index is 764. The number of rotatable bonds is 5. The summed E-state index contributed by atoms with van der Waals surface area (Å²) in [7, 11) is 1.22. The normalized spacial score (nSPS) is 10.2. The van der Waals surface area contributed by atoms with Crippen molar-refractivity contribution in [2.75, 3.05) is 7.11 Å². The molecular weight excluding hydrogens is 345 g/mol. The van der Waals surface area contributed by atoms with Crippen molar-refractivity contribution in [1.82, 2.24) is 0 Å². The maximum Gasteiger partial charge on any atom is 0.337 e. The number of nitro groups is 1. The fraction of sp³-hybridized carbons (Fsp3) is 0.133. The van der Waals surface area contributed by atoms with Gasteiger partial charge in [0.25, 0.3) is 0 Å². The molecule has 0 aliphatic carbocycles. The van der Waals surface area contributed by atoms with Gasteiger partial charge in [-0.1, -0.05) is 29.3 Å². The second-order valence-corrected chi connectivity index (χ2v) is 5.28. The van der Waals surface area contributed by atoms with Gasteiger partial charge in [-0.2, -0.15) is 0 Å². The molecule has 0 fully saturated rings. The highest BCUT2D eigenvalue weighted by atomic mass is 35.5. The van der Waals surface area contributed by atoms with Crippen LogP contribution in [0.3, 0.4) is 0 Å². The van der Waals surface area contributed by atoms with E-state index in [2.05, 4.69) is 4.74 Å². The van der Waals surface area contributed by atoms with Gasteiger partial charge in [-0.3, -0.25) is 10.1 Å². The van der Waals surface area contributed by atoms with Gasteiger partial charge < -0.3 is 9.47 Å². The quantitative estimate of drug-likeness (QED) is 0.454. The van der Waals surface area contributed by atoms with Crippen molar-refractivity contribution < 1.29 is 19.2 Å². The Balaban J connectivity index is 2.27.